The summed E-state index contributed by atoms with van der Waals surface area (Å²) in [6.07, 6.45) is 2.83. The molecule has 0 aromatic carbocycles. The summed E-state index contributed by atoms with van der Waals surface area (Å²) in [7, 11) is 0. The van der Waals surface area contributed by atoms with E-state index in [1.165, 1.54) is 0 Å². The molecule has 1 aliphatic heterocycles. The lowest BCUT2D eigenvalue weighted by atomic mass is 10.3. The molecule has 3 heterocycles. The summed E-state index contributed by atoms with van der Waals surface area (Å²) in [6.45, 7) is 4.66. The lowest BCUT2D eigenvalue weighted by Crippen LogP contribution is -2.37. The van der Waals surface area contributed by atoms with Gasteiger partial charge in [0.15, 0.2) is 0 Å². The van der Waals surface area contributed by atoms with Crippen molar-refractivity contribution in [2.75, 3.05) is 32.8 Å². The molecule has 2 aromatic heterocycles. The smallest absolute Gasteiger partial charge is 0.256 e. The number of morpholine rings is 1. The molecule has 0 radical (unpaired) electrons. The average molecular weight is 247 g/mol. The Morgan fingerprint density at radius 1 is 1.28 bits per heavy atom. The largest absolute Gasteiger partial charge is 0.379 e. The quantitative estimate of drug-likeness (QED) is 0.859. The van der Waals surface area contributed by atoms with E-state index in [4.69, 9.17) is 4.74 Å². The van der Waals surface area contributed by atoms with Crippen molar-refractivity contribution in [1.82, 2.24) is 14.3 Å². The number of nitrogens with zero attached hydrogens (tertiary/aromatic N) is 2. The average Bonchev–Trinajstić information content (AvgIpc) is 2.82. The van der Waals surface area contributed by atoms with Gasteiger partial charge in [0.2, 0.25) is 0 Å². The number of aromatic amines is 1. The molecule has 1 N–H and O–H groups in total. The van der Waals surface area contributed by atoms with Crippen molar-refractivity contribution >= 4 is 5.65 Å². The van der Waals surface area contributed by atoms with Crippen LogP contribution in [0.5, 0.6) is 0 Å². The van der Waals surface area contributed by atoms with Gasteiger partial charge in [-0.25, -0.2) is 0 Å². The van der Waals surface area contributed by atoms with Gasteiger partial charge in [-0.1, -0.05) is 6.07 Å². The molecule has 0 saturated carbocycles. The fourth-order valence-electron chi connectivity index (χ4n) is 2.32. The number of nitrogens with one attached hydrogen (secondary N) is 1. The molecule has 18 heavy (non-hydrogen) atoms. The number of aromatic nitrogens is 2. The summed E-state index contributed by atoms with van der Waals surface area (Å²) in [5.41, 5.74) is 1.98. The molecule has 3 rings (SSSR count). The molecule has 5 heteroatoms. The van der Waals surface area contributed by atoms with Crippen molar-refractivity contribution in [2.24, 2.45) is 0 Å². The van der Waals surface area contributed by atoms with E-state index in [9.17, 15) is 4.79 Å². The zero-order valence-corrected chi connectivity index (χ0v) is 10.3. The Hall–Kier alpha value is -1.59. The first-order valence-electron chi connectivity index (χ1n) is 6.32. The van der Waals surface area contributed by atoms with Crippen LogP contribution in [0.15, 0.2) is 29.2 Å². The van der Waals surface area contributed by atoms with Crippen molar-refractivity contribution in [3.8, 4) is 0 Å². The summed E-state index contributed by atoms with van der Waals surface area (Å²) < 4.78 is 6.98. The summed E-state index contributed by atoms with van der Waals surface area (Å²) in [4.78, 5) is 17.3. The number of H-pyrrole nitrogens is 1. The number of rotatable bonds is 3. The normalized spacial score (nSPS) is 17.3. The third kappa shape index (κ3) is 2.32. The molecule has 2 aromatic rings. The van der Waals surface area contributed by atoms with E-state index in [1.807, 2.05) is 12.3 Å². The molecular weight excluding hydrogens is 230 g/mol. The highest BCUT2D eigenvalue weighted by Gasteiger charge is 2.10. The van der Waals surface area contributed by atoms with E-state index in [0.717, 1.165) is 50.6 Å². The van der Waals surface area contributed by atoms with Crippen LogP contribution in [0.2, 0.25) is 0 Å². The van der Waals surface area contributed by atoms with Gasteiger partial charge in [-0.15, -0.1) is 0 Å². The molecular formula is C13H17N3O2. The fourth-order valence-corrected chi connectivity index (χ4v) is 2.32. The van der Waals surface area contributed by atoms with Gasteiger partial charge in [0.25, 0.3) is 5.56 Å². The Morgan fingerprint density at radius 3 is 2.89 bits per heavy atom. The van der Waals surface area contributed by atoms with Gasteiger partial charge >= 0.3 is 0 Å². The van der Waals surface area contributed by atoms with Crippen LogP contribution < -0.4 is 5.56 Å². The SMILES string of the molecule is O=c1cccc2[nH]c(CCN3CCOCC3)cn12. The third-order valence-corrected chi connectivity index (χ3v) is 3.36. The number of ether oxygens (including phenoxy) is 1. The number of pyridine rings is 1. The van der Waals surface area contributed by atoms with Crippen molar-refractivity contribution in [1.29, 1.82) is 0 Å². The Labute approximate surface area is 105 Å². The predicted octanol–water partition coefficient (Wildman–Crippen LogP) is 0.502. The molecule has 1 aliphatic rings. The van der Waals surface area contributed by atoms with Gasteiger partial charge in [-0.2, -0.15) is 0 Å². The molecule has 1 fully saturated rings. The van der Waals surface area contributed by atoms with Crippen LogP contribution in [0.4, 0.5) is 0 Å². The lowest BCUT2D eigenvalue weighted by Gasteiger charge is -2.26. The molecule has 0 bridgehead atoms. The Morgan fingerprint density at radius 2 is 2.11 bits per heavy atom. The first-order chi connectivity index (χ1) is 8.83. The van der Waals surface area contributed by atoms with Crippen molar-refractivity contribution in [3.63, 3.8) is 0 Å². The fraction of sp³-hybridized carbons (Fsp3) is 0.462. The Bertz CT molecular complexity index is 581. The van der Waals surface area contributed by atoms with E-state index >= 15 is 0 Å². The first-order valence-corrected chi connectivity index (χ1v) is 6.32. The second-order valence-corrected chi connectivity index (χ2v) is 4.60. The van der Waals surface area contributed by atoms with Gasteiger partial charge in [0.1, 0.15) is 5.65 Å². The van der Waals surface area contributed by atoms with Gasteiger partial charge in [-0.05, 0) is 6.07 Å². The molecule has 0 unspecified atom stereocenters. The minimum atomic E-state index is 0.0152. The van der Waals surface area contributed by atoms with Gasteiger partial charge in [0, 0.05) is 44.0 Å². The van der Waals surface area contributed by atoms with Crippen LogP contribution in [0.1, 0.15) is 5.69 Å². The standard InChI is InChI=1S/C13H17N3O2/c17-13-3-1-2-12-14-11(10-16(12)13)4-5-15-6-8-18-9-7-15/h1-3,10,14H,4-9H2. The zero-order chi connectivity index (χ0) is 12.4. The maximum atomic E-state index is 11.6. The molecule has 0 aliphatic carbocycles. The van der Waals surface area contributed by atoms with Crippen molar-refractivity contribution < 1.29 is 4.74 Å². The van der Waals surface area contributed by atoms with Crippen molar-refractivity contribution in [2.45, 2.75) is 6.42 Å². The minimum Gasteiger partial charge on any atom is -0.379 e. The van der Waals surface area contributed by atoms with E-state index in [1.54, 1.807) is 16.5 Å². The first kappa shape index (κ1) is 11.5. The second-order valence-electron chi connectivity index (χ2n) is 4.60. The van der Waals surface area contributed by atoms with E-state index in [-0.39, 0.29) is 5.56 Å². The number of hydrogen-bond donors (Lipinski definition) is 1. The van der Waals surface area contributed by atoms with Crippen LogP contribution in [-0.2, 0) is 11.2 Å². The Balaban J connectivity index is 1.71. The Kier molecular flexibility index (Phi) is 3.17. The summed E-state index contributed by atoms with van der Waals surface area (Å²) in [6, 6.07) is 5.27. The van der Waals surface area contributed by atoms with Crippen molar-refractivity contribution in [3.05, 3.63) is 40.4 Å². The highest BCUT2D eigenvalue weighted by Crippen LogP contribution is 2.05. The summed E-state index contributed by atoms with van der Waals surface area (Å²) >= 11 is 0. The molecule has 5 nitrogen and oxygen atoms in total. The third-order valence-electron chi connectivity index (χ3n) is 3.36. The molecule has 1 saturated heterocycles. The van der Waals surface area contributed by atoms with E-state index in [2.05, 4.69) is 9.88 Å². The maximum Gasteiger partial charge on any atom is 0.256 e. The number of fused-ring (bicyclic) bond motifs is 1. The van der Waals surface area contributed by atoms with Gasteiger partial charge in [-0.3, -0.25) is 14.1 Å². The van der Waals surface area contributed by atoms with E-state index in [0.29, 0.717) is 0 Å². The number of imidazole rings is 1. The summed E-state index contributed by atoms with van der Waals surface area (Å²) in [5, 5.41) is 0. The molecule has 0 amide bonds. The zero-order valence-electron chi connectivity index (χ0n) is 10.3. The summed E-state index contributed by atoms with van der Waals surface area (Å²) in [5.74, 6) is 0. The highest BCUT2D eigenvalue weighted by molar-refractivity contribution is 5.39. The van der Waals surface area contributed by atoms with Gasteiger partial charge < -0.3 is 9.72 Å². The monoisotopic (exact) mass is 247 g/mol. The second kappa shape index (κ2) is 4.96. The van der Waals surface area contributed by atoms with Crippen LogP contribution in [-0.4, -0.2) is 47.1 Å². The maximum absolute atomic E-state index is 11.6. The molecule has 96 valence electrons. The minimum absolute atomic E-state index is 0.0152. The van der Waals surface area contributed by atoms with Gasteiger partial charge in [0.05, 0.1) is 13.2 Å². The molecule has 0 atom stereocenters. The van der Waals surface area contributed by atoms with E-state index < -0.39 is 0 Å². The van der Waals surface area contributed by atoms with Crippen LogP contribution in [0, 0.1) is 0 Å². The van der Waals surface area contributed by atoms with Crippen LogP contribution in [0.3, 0.4) is 0 Å². The highest BCUT2D eigenvalue weighted by atomic mass is 16.5. The van der Waals surface area contributed by atoms with Crippen LogP contribution in [0.25, 0.3) is 5.65 Å². The molecule has 0 spiro atoms. The number of hydrogen-bond acceptors (Lipinski definition) is 3. The lowest BCUT2D eigenvalue weighted by molar-refractivity contribution is 0.0383. The topological polar surface area (TPSA) is 49.7 Å². The predicted molar refractivity (Wildman–Crippen MR) is 69.0 cm³/mol. The van der Waals surface area contributed by atoms with Crippen LogP contribution >= 0.6 is 0 Å².